The zero-order valence-corrected chi connectivity index (χ0v) is 21.2. The molecule has 0 saturated carbocycles. The number of hydrogen-bond acceptors (Lipinski definition) is 6. The molecule has 2 aromatic carbocycles. The van der Waals surface area contributed by atoms with Crippen LogP contribution in [0.15, 0.2) is 60.7 Å². The molecule has 7 heteroatoms. The van der Waals surface area contributed by atoms with Gasteiger partial charge in [0.1, 0.15) is 17.6 Å². The fraction of sp³-hybridized carbons (Fsp3) is 0.393. The Balaban J connectivity index is 1.60. The lowest BCUT2D eigenvalue weighted by atomic mass is 10.0. The lowest BCUT2D eigenvalue weighted by Gasteiger charge is -2.21. The number of methoxy groups -OCH3 is 1. The van der Waals surface area contributed by atoms with Crippen LogP contribution in [-0.4, -0.2) is 42.1 Å². The van der Waals surface area contributed by atoms with E-state index in [4.69, 9.17) is 4.74 Å². The van der Waals surface area contributed by atoms with Crippen molar-refractivity contribution in [3.05, 3.63) is 77.5 Å². The van der Waals surface area contributed by atoms with Crippen LogP contribution in [0, 0.1) is 12.8 Å². The number of anilines is 2. The van der Waals surface area contributed by atoms with E-state index in [2.05, 4.69) is 58.0 Å². The van der Waals surface area contributed by atoms with Crippen LogP contribution < -0.4 is 20.7 Å². The molecule has 1 amide bonds. The van der Waals surface area contributed by atoms with Gasteiger partial charge in [-0.25, -0.2) is 4.98 Å². The fourth-order valence-electron chi connectivity index (χ4n) is 3.92. The Kier molecular flexibility index (Phi) is 9.90. The van der Waals surface area contributed by atoms with Crippen molar-refractivity contribution in [3.8, 4) is 5.75 Å². The normalized spacial score (nSPS) is 11.7. The van der Waals surface area contributed by atoms with Crippen LogP contribution in [0.2, 0.25) is 0 Å². The van der Waals surface area contributed by atoms with Crippen molar-refractivity contribution in [3.63, 3.8) is 0 Å². The average Bonchev–Trinajstić information content (AvgIpc) is 2.84. The Morgan fingerprint density at radius 3 is 2.46 bits per heavy atom. The van der Waals surface area contributed by atoms with Gasteiger partial charge in [0, 0.05) is 24.8 Å². The van der Waals surface area contributed by atoms with Gasteiger partial charge in [0.2, 0.25) is 11.9 Å². The molecule has 0 aliphatic carbocycles. The van der Waals surface area contributed by atoms with Crippen LogP contribution in [0.5, 0.6) is 5.75 Å². The van der Waals surface area contributed by atoms with Gasteiger partial charge in [-0.2, -0.15) is 4.98 Å². The third kappa shape index (κ3) is 8.59. The Morgan fingerprint density at radius 2 is 1.71 bits per heavy atom. The first-order chi connectivity index (χ1) is 16.9. The number of carbonyl (C=O) groups excluding carboxylic acids is 1. The molecule has 186 valence electrons. The van der Waals surface area contributed by atoms with E-state index in [1.165, 1.54) is 5.56 Å². The number of aryl methyl sites for hydroxylation is 1. The van der Waals surface area contributed by atoms with Crippen molar-refractivity contribution in [2.75, 3.05) is 30.8 Å². The predicted molar refractivity (Wildman–Crippen MR) is 142 cm³/mol. The molecule has 0 unspecified atom stereocenters. The molecule has 7 nitrogen and oxygen atoms in total. The van der Waals surface area contributed by atoms with Gasteiger partial charge in [-0.3, -0.25) is 4.79 Å². The van der Waals surface area contributed by atoms with E-state index in [0.717, 1.165) is 29.8 Å². The van der Waals surface area contributed by atoms with E-state index >= 15 is 0 Å². The Labute approximate surface area is 208 Å². The van der Waals surface area contributed by atoms with Crippen LogP contribution in [0.25, 0.3) is 0 Å². The van der Waals surface area contributed by atoms with Gasteiger partial charge in [-0.05, 0) is 49.3 Å². The summed E-state index contributed by atoms with van der Waals surface area (Å²) in [5.41, 5.74) is 3.16. The molecule has 1 atom stereocenters. The van der Waals surface area contributed by atoms with E-state index in [9.17, 15) is 4.79 Å². The van der Waals surface area contributed by atoms with Gasteiger partial charge >= 0.3 is 0 Å². The zero-order chi connectivity index (χ0) is 25.0. The van der Waals surface area contributed by atoms with Crippen molar-refractivity contribution in [1.82, 2.24) is 15.3 Å². The van der Waals surface area contributed by atoms with Crippen molar-refractivity contribution in [1.29, 1.82) is 0 Å². The molecule has 1 heterocycles. The third-order valence-electron chi connectivity index (χ3n) is 5.63. The van der Waals surface area contributed by atoms with Gasteiger partial charge in [0.15, 0.2) is 0 Å². The number of hydrogen-bond donors (Lipinski definition) is 3. The zero-order valence-electron chi connectivity index (χ0n) is 21.2. The maximum atomic E-state index is 13.0. The Bertz CT molecular complexity index is 1070. The number of ether oxygens (including phenoxy) is 1. The van der Waals surface area contributed by atoms with Crippen molar-refractivity contribution < 1.29 is 9.53 Å². The molecule has 1 aromatic heterocycles. The molecule has 0 spiro atoms. The minimum absolute atomic E-state index is 0.0171. The highest BCUT2D eigenvalue weighted by molar-refractivity contribution is 5.84. The van der Waals surface area contributed by atoms with Gasteiger partial charge < -0.3 is 20.7 Å². The first-order valence-electron chi connectivity index (χ1n) is 12.2. The highest BCUT2D eigenvalue weighted by Crippen LogP contribution is 2.18. The summed E-state index contributed by atoms with van der Waals surface area (Å²) in [6, 6.07) is 19.6. The predicted octanol–water partition coefficient (Wildman–Crippen LogP) is 4.63. The summed E-state index contributed by atoms with van der Waals surface area (Å²) in [7, 11) is 1.68. The fourth-order valence-corrected chi connectivity index (χ4v) is 3.92. The van der Waals surface area contributed by atoms with Crippen LogP contribution in [0.4, 0.5) is 11.8 Å². The summed E-state index contributed by atoms with van der Waals surface area (Å²) in [6.45, 7) is 7.41. The number of nitrogens with one attached hydrogen (secondary N) is 3. The highest BCUT2D eigenvalue weighted by Gasteiger charge is 2.20. The van der Waals surface area contributed by atoms with Crippen molar-refractivity contribution in [2.24, 2.45) is 5.92 Å². The van der Waals surface area contributed by atoms with E-state index < -0.39 is 0 Å². The molecule has 0 aliphatic rings. The number of amides is 1. The summed E-state index contributed by atoms with van der Waals surface area (Å²) < 4.78 is 5.43. The lowest BCUT2D eigenvalue weighted by molar-refractivity contribution is -0.122. The Morgan fingerprint density at radius 1 is 0.971 bits per heavy atom. The molecule has 3 aromatic rings. The van der Waals surface area contributed by atoms with Crippen LogP contribution in [0.1, 0.15) is 37.1 Å². The smallest absolute Gasteiger partial charge is 0.242 e. The second-order valence-corrected chi connectivity index (χ2v) is 9.06. The number of nitrogens with zero attached hydrogens (tertiary/aromatic N) is 2. The standard InChI is InChI=1S/C28H37N5O2/c1-20(2)18-24(27(34)29-16-14-22-10-6-5-7-11-22)32-26-19-21(3)31-28(33-26)30-17-15-23-12-8-9-13-25(23)35-4/h5-13,19-20,24H,14-18H2,1-4H3,(H,29,34)(H2,30,31,32,33)/t24-/m0/s1. The monoisotopic (exact) mass is 475 g/mol. The largest absolute Gasteiger partial charge is 0.496 e. The summed E-state index contributed by atoms with van der Waals surface area (Å²) in [5, 5.41) is 9.72. The van der Waals surface area contributed by atoms with E-state index in [1.54, 1.807) is 7.11 Å². The summed E-state index contributed by atoms with van der Waals surface area (Å²) in [4.78, 5) is 22.1. The molecule has 0 radical (unpaired) electrons. The lowest BCUT2D eigenvalue weighted by Crippen LogP contribution is -2.41. The third-order valence-corrected chi connectivity index (χ3v) is 5.63. The maximum Gasteiger partial charge on any atom is 0.242 e. The Hall–Kier alpha value is -3.61. The van der Waals surface area contributed by atoms with E-state index in [0.29, 0.717) is 37.2 Å². The number of aromatic nitrogens is 2. The topological polar surface area (TPSA) is 88.2 Å². The highest BCUT2D eigenvalue weighted by atomic mass is 16.5. The van der Waals surface area contributed by atoms with Gasteiger partial charge in [0.25, 0.3) is 0 Å². The van der Waals surface area contributed by atoms with Crippen molar-refractivity contribution >= 4 is 17.7 Å². The summed E-state index contributed by atoms with van der Waals surface area (Å²) in [5.74, 6) is 2.39. The molecule has 0 fully saturated rings. The first-order valence-corrected chi connectivity index (χ1v) is 12.2. The molecular weight excluding hydrogens is 438 g/mol. The van der Waals surface area contributed by atoms with E-state index in [-0.39, 0.29) is 11.9 Å². The second-order valence-electron chi connectivity index (χ2n) is 9.06. The number of para-hydroxylation sites is 1. The van der Waals surface area contributed by atoms with Crippen LogP contribution in [0.3, 0.4) is 0 Å². The second kappa shape index (κ2) is 13.3. The van der Waals surface area contributed by atoms with Gasteiger partial charge in [-0.15, -0.1) is 0 Å². The van der Waals surface area contributed by atoms with Gasteiger partial charge in [-0.1, -0.05) is 62.4 Å². The summed E-state index contributed by atoms with van der Waals surface area (Å²) in [6.07, 6.45) is 2.29. The average molecular weight is 476 g/mol. The number of carbonyl (C=O) groups is 1. The van der Waals surface area contributed by atoms with Gasteiger partial charge in [0.05, 0.1) is 7.11 Å². The molecule has 3 N–H and O–H groups in total. The first kappa shape index (κ1) is 26.0. The quantitative estimate of drug-likeness (QED) is 0.334. The number of rotatable bonds is 13. The molecule has 0 aliphatic heterocycles. The maximum absolute atomic E-state index is 13.0. The van der Waals surface area contributed by atoms with Crippen LogP contribution in [-0.2, 0) is 17.6 Å². The van der Waals surface area contributed by atoms with Crippen LogP contribution >= 0.6 is 0 Å². The summed E-state index contributed by atoms with van der Waals surface area (Å²) >= 11 is 0. The van der Waals surface area contributed by atoms with Crippen molar-refractivity contribution in [2.45, 2.75) is 46.1 Å². The minimum Gasteiger partial charge on any atom is -0.496 e. The SMILES string of the molecule is COc1ccccc1CCNc1nc(C)cc(N[C@@H](CC(C)C)C(=O)NCCc2ccccc2)n1. The molecule has 3 rings (SSSR count). The van der Waals surface area contributed by atoms with E-state index in [1.807, 2.05) is 49.4 Å². The molecular formula is C28H37N5O2. The molecule has 0 saturated heterocycles. The number of benzene rings is 2. The molecule has 35 heavy (non-hydrogen) atoms. The molecule has 0 bridgehead atoms. The minimum atomic E-state index is -0.374.